The lowest BCUT2D eigenvalue weighted by atomic mass is 10.1. The molecule has 1 unspecified atom stereocenters. The van der Waals surface area contributed by atoms with Crippen molar-refractivity contribution in [2.45, 2.75) is 51.6 Å². The largest absolute Gasteiger partial charge is 0.338 e. The first-order valence-corrected chi connectivity index (χ1v) is 7.41. The molecule has 1 aliphatic heterocycles. The number of rotatable bonds is 5. The van der Waals surface area contributed by atoms with Crippen LogP contribution in [0.1, 0.15) is 39.4 Å². The van der Waals surface area contributed by atoms with E-state index in [1.165, 1.54) is 25.2 Å². The van der Waals surface area contributed by atoms with E-state index in [0.717, 1.165) is 19.5 Å². The molecule has 2 rings (SSSR count). The molecule has 0 aliphatic carbocycles. The van der Waals surface area contributed by atoms with E-state index < -0.39 is 0 Å². The number of hydrogen-bond acceptors (Lipinski definition) is 3. The van der Waals surface area contributed by atoms with E-state index in [1.807, 2.05) is 12.4 Å². The fourth-order valence-electron chi connectivity index (χ4n) is 2.73. The van der Waals surface area contributed by atoms with Gasteiger partial charge in [0.25, 0.3) is 0 Å². The number of nitrogens with one attached hydrogen (secondary N) is 1. The molecule has 0 spiro atoms. The molecular formula is C15H28N4. The lowest BCUT2D eigenvalue weighted by molar-refractivity contribution is 0.234. The molecule has 1 fully saturated rings. The SMILES string of the molecule is Cn1ccnc1CCN1CCCC1CNC(C)(C)C. The van der Waals surface area contributed by atoms with Gasteiger partial charge in [0, 0.05) is 50.5 Å². The van der Waals surface area contributed by atoms with Gasteiger partial charge in [-0.15, -0.1) is 0 Å². The maximum absolute atomic E-state index is 4.41. The average Bonchev–Trinajstić information content (AvgIpc) is 2.91. The highest BCUT2D eigenvalue weighted by Gasteiger charge is 2.25. The van der Waals surface area contributed by atoms with Gasteiger partial charge in [-0.3, -0.25) is 4.90 Å². The molecule has 0 saturated carbocycles. The van der Waals surface area contributed by atoms with Gasteiger partial charge in [-0.2, -0.15) is 0 Å². The second-order valence-corrected chi connectivity index (χ2v) is 6.67. The van der Waals surface area contributed by atoms with Crippen LogP contribution in [-0.2, 0) is 13.5 Å². The van der Waals surface area contributed by atoms with Crippen molar-refractivity contribution in [2.75, 3.05) is 19.6 Å². The highest BCUT2D eigenvalue weighted by molar-refractivity contribution is 4.93. The molecular weight excluding hydrogens is 236 g/mol. The van der Waals surface area contributed by atoms with Gasteiger partial charge < -0.3 is 9.88 Å². The third-order valence-corrected chi connectivity index (χ3v) is 3.91. The van der Waals surface area contributed by atoms with Crippen molar-refractivity contribution in [1.29, 1.82) is 0 Å². The third kappa shape index (κ3) is 4.32. The molecule has 1 aliphatic rings. The molecule has 4 heteroatoms. The Morgan fingerprint density at radius 2 is 2.21 bits per heavy atom. The molecule has 108 valence electrons. The number of aryl methyl sites for hydroxylation is 1. The summed E-state index contributed by atoms with van der Waals surface area (Å²) in [6.07, 6.45) is 7.62. The van der Waals surface area contributed by atoms with Crippen LogP contribution >= 0.6 is 0 Å². The predicted molar refractivity (Wildman–Crippen MR) is 79.3 cm³/mol. The van der Waals surface area contributed by atoms with Gasteiger partial charge in [-0.05, 0) is 40.2 Å². The van der Waals surface area contributed by atoms with Crippen molar-refractivity contribution >= 4 is 0 Å². The minimum absolute atomic E-state index is 0.216. The van der Waals surface area contributed by atoms with Crippen molar-refractivity contribution in [1.82, 2.24) is 19.8 Å². The van der Waals surface area contributed by atoms with Crippen molar-refractivity contribution < 1.29 is 0 Å². The highest BCUT2D eigenvalue weighted by atomic mass is 15.2. The van der Waals surface area contributed by atoms with Crippen LogP contribution in [0.2, 0.25) is 0 Å². The number of nitrogens with zero attached hydrogens (tertiary/aromatic N) is 3. The Kier molecular flexibility index (Phi) is 4.63. The zero-order chi connectivity index (χ0) is 13.9. The third-order valence-electron chi connectivity index (χ3n) is 3.91. The second kappa shape index (κ2) is 6.06. The Morgan fingerprint density at radius 3 is 2.84 bits per heavy atom. The highest BCUT2D eigenvalue weighted by Crippen LogP contribution is 2.17. The van der Waals surface area contributed by atoms with Gasteiger partial charge >= 0.3 is 0 Å². The summed E-state index contributed by atoms with van der Waals surface area (Å²) in [5, 5.41) is 3.64. The van der Waals surface area contributed by atoms with Crippen molar-refractivity contribution in [3.8, 4) is 0 Å². The van der Waals surface area contributed by atoms with Crippen LogP contribution < -0.4 is 5.32 Å². The molecule has 0 amide bonds. The van der Waals surface area contributed by atoms with Crippen LogP contribution in [0.15, 0.2) is 12.4 Å². The Balaban J connectivity index is 1.80. The number of imidazole rings is 1. The van der Waals surface area contributed by atoms with Crippen molar-refractivity contribution in [3.05, 3.63) is 18.2 Å². The van der Waals surface area contributed by atoms with Crippen LogP contribution in [0.3, 0.4) is 0 Å². The molecule has 0 radical (unpaired) electrons. The predicted octanol–water partition coefficient (Wildman–Crippen LogP) is 1.82. The fraction of sp³-hybridized carbons (Fsp3) is 0.800. The number of hydrogen-bond donors (Lipinski definition) is 1. The summed E-state index contributed by atoms with van der Waals surface area (Å²) in [5.74, 6) is 1.19. The van der Waals surface area contributed by atoms with Crippen LogP contribution in [-0.4, -0.2) is 45.7 Å². The van der Waals surface area contributed by atoms with E-state index in [0.29, 0.717) is 6.04 Å². The van der Waals surface area contributed by atoms with Gasteiger partial charge in [0.1, 0.15) is 5.82 Å². The van der Waals surface area contributed by atoms with Gasteiger partial charge in [0.2, 0.25) is 0 Å². The smallest absolute Gasteiger partial charge is 0.109 e. The van der Waals surface area contributed by atoms with Crippen molar-refractivity contribution in [3.63, 3.8) is 0 Å². The quantitative estimate of drug-likeness (QED) is 0.880. The van der Waals surface area contributed by atoms with Crippen LogP contribution in [0.4, 0.5) is 0 Å². The average molecular weight is 264 g/mol. The van der Waals surface area contributed by atoms with Crippen molar-refractivity contribution in [2.24, 2.45) is 7.05 Å². The molecule has 1 aromatic heterocycles. The maximum Gasteiger partial charge on any atom is 0.109 e. The molecule has 1 atom stereocenters. The summed E-state index contributed by atoms with van der Waals surface area (Å²) < 4.78 is 2.12. The van der Waals surface area contributed by atoms with E-state index in [-0.39, 0.29) is 5.54 Å². The van der Waals surface area contributed by atoms with Gasteiger partial charge in [-0.25, -0.2) is 4.98 Å². The Morgan fingerprint density at radius 1 is 1.42 bits per heavy atom. The van der Waals surface area contributed by atoms with E-state index >= 15 is 0 Å². The zero-order valence-electron chi connectivity index (χ0n) is 12.8. The normalized spacial score (nSPS) is 21.2. The summed E-state index contributed by atoms with van der Waals surface area (Å²) in [6.45, 7) is 10.2. The molecule has 4 nitrogen and oxygen atoms in total. The molecule has 0 bridgehead atoms. The molecule has 1 aromatic rings. The number of likely N-dealkylation sites (tertiary alicyclic amines) is 1. The van der Waals surface area contributed by atoms with Crippen LogP contribution in [0, 0.1) is 0 Å². The summed E-state index contributed by atoms with van der Waals surface area (Å²) in [7, 11) is 2.07. The lowest BCUT2D eigenvalue weighted by Gasteiger charge is -2.29. The molecule has 19 heavy (non-hydrogen) atoms. The minimum atomic E-state index is 0.216. The molecule has 1 saturated heterocycles. The molecule has 1 N–H and O–H groups in total. The Bertz CT molecular complexity index is 391. The summed E-state index contributed by atoms with van der Waals surface area (Å²) in [5.41, 5.74) is 0.216. The summed E-state index contributed by atoms with van der Waals surface area (Å²) >= 11 is 0. The van der Waals surface area contributed by atoms with Gasteiger partial charge in [0.05, 0.1) is 0 Å². The summed E-state index contributed by atoms with van der Waals surface area (Å²) in [6, 6.07) is 0.694. The Labute approximate surface area is 117 Å². The van der Waals surface area contributed by atoms with E-state index in [2.05, 4.69) is 47.6 Å². The van der Waals surface area contributed by atoms with Crippen LogP contribution in [0.5, 0.6) is 0 Å². The fourth-order valence-corrected chi connectivity index (χ4v) is 2.73. The monoisotopic (exact) mass is 264 g/mol. The first kappa shape index (κ1) is 14.5. The minimum Gasteiger partial charge on any atom is -0.338 e. The van der Waals surface area contributed by atoms with Gasteiger partial charge in [-0.1, -0.05) is 0 Å². The van der Waals surface area contributed by atoms with E-state index in [1.54, 1.807) is 0 Å². The van der Waals surface area contributed by atoms with Gasteiger partial charge in [0.15, 0.2) is 0 Å². The summed E-state index contributed by atoms with van der Waals surface area (Å²) in [4.78, 5) is 7.03. The first-order valence-electron chi connectivity index (χ1n) is 7.41. The number of aromatic nitrogens is 2. The lowest BCUT2D eigenvalue weighted by Crippen LogP contribution is -2.45. The second-order valence-electron chi connectivity index (χ2n) is 6.67. The standard InChI is InChI=1S/C15H28N4/c1-15(2,3)17-12-13-6-5-9-19(13)10-7-14-16-8-11-18(14)4/h8,11,13,17H,5-7,9-10,12H2,1-4H3. The maximum atomic E-state index is 4.41. The van der Waals surface area contributed by atoms with E-state index in [9.17, 15) is 0 Å². The van der Waals surface area contributed by atoms with E-state index in [4.69, 9.17) is 0 Å². The van der Waals surface area contributed by atoms with Crippen LogP contribution in [0.25, 0.3) is 0 Å². The molecule has 2 heterocycles. The Hall–Kier alpha value is -0.870. The first-order chi connectivity index (χ1) is 8.96. The topological polar surface area (TPSA) is 33.1 Å². The molecule has 0 aromatic carbocycles. The zero-order valence-corrected chi connectivity index (χ0v) is 12.8.